The molecule has 3 aromatic carbocycles. The second-order valence-electron chi connectivity index (χ2n) is 9.34. The van der Waals surface area contributed by atoms with Crippen molar-refractivity contribution in [1.82, 2.24) is 4.90 Å². The van der Waals surface area contributed by atoms with Crippen LogP contribution in [-0.2, 0) is 15.4 Å². The number of carbonyl (C=O) groups is 1. The monoisotopic (exact) mass is 580 g/mol. The van der Waals surface area contributed by atoms with E-state index in [0.717, 1.165) is 16.6 Å². The Hall–Kier alpha value is -3.48. The predicted molar refractivity (Wildman–Crippen MR) is 146 cm³/mol. The fourth-order valence-corrected chi connectivity index (χ4v) is 5.84. The van der Waals surface area contributed by atoms with Crippen LogP contribution in [0, 0.1) is 0 Å². The van der Waals surface area contributed by atoms with Crippen molar-refractivity contribution in [3.05, 3.63) is 70.1 Å². The minimum absolute atomic E-state index is 0.101. The second kappa shape index (κ2) is 10.6. The summed E-state index contributed by atoms with van der Waals surface area (Å²) in [5.41, 5.74) is -5.27. The summed E-state index contributed by atoms with van der Waals surface area (Å²) in [5, 5.41) is 21.8. The number of phenols is 1. The van der Waals surface area contributed by atoms with Crippen LogP contribution in [0.25, 0.3) is 13.2 Å². The summed E-state index contributed by atoms with van der Waals surface area (Å²) < 4.78 is 64.6. The van der Waals surface area contributed by atoms with E-state index in [2.05, 4.69) is 18.5 Å². The minimum Gasteiger partial charge on any atom is -0.506 e. The summed E-state index contributed by atoms with van der Waals surface area (Å²) in [6.07, 6.45) is 0. The maximum Gasteiger partial charge on any atom is 0.501 e. The number of nitrogens with one attached hydrogen (secondary N) is 1. The first kappa shape index (κ1) is 30.1. The van der Waals surface area contributed by atoms with Gasteiger partial charge in [-0.25, -0.2) is 13.2 Å². The third-order valence-corrected chi connectivity index (χ3v) is 9.09. The van der Waals surface area contributed by atoms with Gasteiger partial charge in [0.15, 0.2) is 0 Å². The lowest BCUT2D eigenvalue weighted by molar-refractivity contribution is -0.0437. The number of sulfone groups is 1. The number of carboxylic acid groups (broad SMARTS) is 1. The van der Waals surface area contributed by atoms with Crippen LogP contribution in [-0.4, -0.2) is 49.1 Å². The van der Waals surface area contributed by atoms with Gasteiger partial charge in [0.05, 0.1) is 16.3 Å². The van der Waals surface area contributed by atoms with E-state index >= 15 is 0 Å². The van der Waals surface area contributed by atoms with Crippen LogP contribution in [0.4, 0.5) is 24.5 Å². The summed E-state index contributed by atoms with van der Waals surface area (Å²) in [4.78, 5) is 13.1. The Labute approximate surface area is 228 Å². The molecule has 1 heterocycles. The molecule has 39 heavy (non-hydrogen) atoms. The topological polar surface area (TPSA) is 107 Å². The maximum atomic E-state index is 13.3. The lowest BCUT2D eigenvalue weighted by Crippen LogP contribution is -2.38. The van der Waals surface area contributed by atoms with Crippen LogP contribution in [0.3, 0.4) is 0 Å². The molecule has 208 valence electrons. The molecule has 1 aliphatic heterocycles. The molecule has 7 nitrogen and oxygen atoms in total. The van der Waals surface area contributed by atoms with Crippen LogP contribution in [0.5, 0.6) is 5.75 Å². The van der Waals surface area contributed by atoms with Crippen molar-refractivity contribution in [2.45, 2.75) is 39.6 Å². The zero-order chi connectivity index (χ0) is 29.5. The van der Waals surface area contributed by atoms with Gasteiger partial charge < -0.3 is 20.4 Å². The molecule has 0 bridgehead atoms. The van der Waals surface area contributed by atoms with Crippen molar-refractivity contribution in [3.63, 3.8) is 0 Å². The Morgan fingerprint density at radius 2 is 1.62 bits per heavy atom. The number of hydrogen-bond acceptors (Lipinski definition) is 7. The highest BCUT2D eigenvalue weighted by Crippen LogP contribution is 2.51. The van der Waals surface area contributed by atoms with Crippen molar-refractivity contribution < 1.29 is 36.6 Å². The highest BCUT2D eigenvalue weighted by atomic mass is 32.2. The molecule has 3 aromatic rings. The van der Waals surface area contributed by atoms with Crippen LogP contribution < -0.4 is 15.8 Å². The molecule has 0 saturated heterocycles. The highest BCUT2D eigenvalue weighted by Gasteiger charge is 2.50. The Morgan fingerprint density at radius 1 is 1.00 bits per heavy atom. The average Bonchev–Trinajstić information content (AvgIpc) is 2.84. The zero-order valence-corrected chi connectivity index (χ0v) is 23.2. The smallest absolute Gasteiger partial charge is 0.501 e. The quantitative estimate of drug-likeness (QED) is 0.313. The van der Waals surface area contributed by atoms with Crippen LogP contribution >= 0.6 is 11.8 Å². The van der Waals surface area contributed by atoms with Crippen LogP contribution in [0.15, 0.2) is 63.2 Å². The largest absolute Gasteiger partial charge is 0.506 e. The van der Waals surface area contributed by atoms with Crippen molar-refractivity contribution in [3.8, 4) is 5.75 Å². The first-order chi connectivity index (χ1) is 17.9. The number of rotatable bonds is 4. The first-order valence-electron chi connectivity index (χ1n) is 11.3. The SMILES string of the molecule is C=c1ccc(C(=O)O)c(O)c1=C.CN(C)C(C)(C)c1c(S(=O)(=O)C(F)(F)F)ccc2c1Nc1ccccc1S2. The van der Waals surface area contributed by atoms with Crippen molar-refractivity contribution in [2.75, 3.05) is 19.4 Å². The van der Waals surface area contributed by atoms with E-state index in [-0.39, 0.29) is 22.1 Å². The molecule has 0 aromatic heterocycles. The number of anilines is 2. The molecule has 3 N–H and O–H groups in total. The summed E-state index contributed by atoms with van der Waals surface area (Å²) in [6.45, 7) is 10.5. The molecule has 0 aliphatic carbocycles. The number of nitrogens with zero attached hydrogens (tertiary/aromatic N) is 1. The molecular weight excluding hydrogens is 553 g/mol. The molecule has 0 unspecified atom stereocenters. The van der Waals surface area contributed by atoms with E-state index in [1.54, 1.807) is 32.8 Å². The standard InChI is InChI=1S/C18H19F3N2O2S2.C9H8O3/c1-17(2,23(3)4)15-14(27(24,25)18(19,20)21)10-9-13-16(15)22-11-7-5-6-8-12(11)26-13;1-5-3-4-7(9(11)12)8(10)6(5)2/h5-10,22H,1-4H3;3-4,10H,1-2H2,(H,11,12). The molecule has 0 fully saturated rings. The van der Waals surface area contributed by atoms with E-state index in [1.807, 2.05) is 24.3 Å². The fraction of sp³-hybridized carbons (Fsp3) is 0.222. The Morgan fingerprint density at radius 3 is 2.18 bits per heavy atom. The van der Waals surface area contributed by atoms with E-state index < -0.39 is 31.7 Å². The van der Waals surface area contributed by atoms with E-state index in [9.17, 15) is 31.5 Å². The van der Waals surface area contributed by atoms with Gasteiger partial charge in [-0.05, 0) is 63.5 Å². The van der Waals surface area contributed by atoms with Crippen LogP contribution in [0.1, 0.15) is 29.8 Å². The molecule has 0 atom stereocenters. The Balaban J connectivity index is 0.000000293. The van der Waals surface area contributed by atoms with Crippen LogP contribution in [0.2, 0.25) is 0 Å². The zero-order valence-electron chi connectivity index (χ0n) is 21.5. The van der Waals surface area contributed by atoms with Gasteiger partial charge in [0, 0.05) is 26.1 Å². The molecule has 0 radical (unpaired) electrons. The normalized spacial score (nSPS) is 13.0. The number of fused-ring (bicyclic) bond motifs is 2. The number of carboxylic acids is 1. The summed E-state index contributed by atoms with van der Waals surface area (Å²) in [5.74, 6) is -1.48. The molecule has 0 saturated carbocycles. The summed E-state index contributed by atoms with van der Waals surface area (Å²) in [7, 11) is -2.11. The van der Waals surface area contributed by atoms with Gasteiger partial charge in [-0.15, -0.1) is 0 Å². The van der Waals surface area contributed by atoms with Gasteiger partial charge in [-0.2, -0.15) is 13.2 Å². The summed E-state index contributed by atoms with van der Waals surface area (Å²) in [6, 6.07) is 12.7. The Bertz CT molecular complexity index is 1650. The van der Waals surface area contributed by atoms with E-state index in [4.69, 9.17) is 5.11 Å². The maximum absolute atomic E-state index is 13.3. The van der Waals surface area contributed by atoms with E-state index in [1.165, 1.54) is 30.0 Å². The third-order valence-electron chi connectivity index (χ3n) is 6.43. The van der Waals surface area contributed by atoms with Crippen molar-refractivity contribution in [1.29, 1.82) is 0 Å². The van der Waals surface area contributed by atoms with E-state index in [0.29, 0.717) is 15.8 Å². The second-order valence-corrected chi connectivity index (χ2v) is 12.3. The molecule has 12 heteroatoms. The van der Waals surface area contributed by atoms with Crippen molar-refractivity contribution >= 4 is 52.1 Å². The third kappa shape index (κ3) is 5.63. The number of alkyl halides is 3. The van der Waals surface area contributed by atoms with Gasteiger partial charge in [0.2, 0.25) is 0 Å². The number of hydrogen-bond donors (Lipinski definition) is 3. The molecule has 0 spiro atoms. The van der Waals surface area contributed by atoms with Gasteiger partial charge in [0.25, 0.3) is 9.84 Å². The number of benzene rings is 3. The molecule has 0 amide bonds. The number of aromatic hydroxyl groups is 1. The molecule has 4 rings (SSSR count). The minimum atomic E-state index is -5.51. The lowest BCUT2D eigenvalue weighted by Gasteiger charge is -2.38. The first-order valence-corrected chi connectivity index (χ1v) is 13.6. The number of aromatic carboxylic acids is 1. The number of halogens is 3. The molecular formula is C27H27F3N2O5S2. The van der Waals surface area contributed by atoms with Gasteiger partial charge >= 0.3 is 11.5 Å². The number of para-hydroxylation sites is 1. The fourth-order valence-electron chi connectivity index (χ4n) is 3.72. The molecule has 1 aliphatic rings. The van der Waals surface area contributed by atoms with Gasteiger partial charge in [-0.3, -0.25) is 0 Å². The highest BCUT2D eigenvalue weighted by molar-refractivity contribution is 7.99. The average molecular weight is 581 g/mol. The summed E-state index contributed by atoms with van der Waals surface area (Å²) >= 11 is 1.39. The predicted octanol–water partition coefficient (Wildman–Crippen LogP) is 4.90. The van der Waals surface area contributed by atoms with Gasteiger partial charge in [-0.1, -0.05) is 43.1 Å². The van der Waals surface area contributed by atoms with Crippen molar-refractivity contribution in [2.24, 2.45) is 0 Å². The lowest BCUT2D eigenvalue weighted by atomic mass is 9.91. The Kier molecular flexibility index (Phi) is 8.16. The van der Waals surface area contributed by atoms with Gasteiger partial charge in [0.1, 0.15) is 11.3 Å².